The zero-order valence-electron chi connectivity index (χ0n) is 14.2. The molecule has 2 heterocycles. The molecule has 1 atom stereocenters. The van der Waals surface area contributed by atoms with Gasteiger partial charge in [-0.05, 0) is 13.0 Å². The van der Waals surface area contributed by atoms with Gasteiger partial charge in [0.05, 0.1) is 18.8 Å². The number of benzene rings is 1. The molecular formula is C18H24N4O2. The van der Waals surface area contributed by atoms with Crippen molar-refractivity contribution in [3.63, 3.8) is 0 Å². The molecule has 1 saturated heterocycles. The molecule has 0 spiro atoms. The number of morpholine rings is 1. The number of nitrogens with one attached hydrogen (secondary N) is 1. The Kier molecular flexibility index (Phi) is 5.27. The largest absolute Gasteiger partial charge is 0.379 e. The minimum absolute atomic E-state index is 0.0158. The fraction of sp³-hybridized carbons (Fsp3) is 0.444. The summed E-state index contributed by atoms with van der Waals surface area (Å²) in [7, 11) is 1.86. The van der Waals surface area contributed by atoms with Crippen molar-refractivity contribution in [1.29, 1.82) is 0 Å². The number of likely N-dealkylation sites (N-methyl/N-ethyl adjacent to an activating group) is 1. The maximum absolute atomic E-state index is 12.9. The van der Waals surface area contributed by atoms with E-state index in [0.717, 1.165) is 31.9 Å². The first kappa shape index (κ1) is 16.7. The summed E-state index contributed by atoms with van der Waals surface area (Å²) in [6.07, 6.45) is 3.46. The van der Waals surface area contributed by atoms with Crippen molar-refractivity contribution in [2.45, 2.75) is 13.0 Å². The van der Waals surface area contributed by atoms with E-state index in [2.05, 4.69) is 21.8 Å². The second kappa shape index (κ2) is 7.59. The predicted molar refractivity (Wildman–Crippen MR) is 92.8 cm³/mol. The predicted octanol–water partition coefficient (Wildman–Crippen LogP) is 1.87. The number of nitrogens with zero attached hydrogens (tertiary/aromatic N) is 3. The highest BCUT2D eigenvalue weighted by Gasteiger charge is 2.22. The molecule has 1 aromatic heterocycles. The summed E-state index contributed by atoms with van der Waals surface area (Å²) in [6, 6.07) is 7.89. The smallest absolute Gasteiger partial charge is 0.254 e. The quantitative estimate of drug-likeness (QED) is 0.910. The van der Waals surface area contributed by atoms with Crippen LogP contribution in [0.1, 0.15) is 17.3 Å². The van der Waals surface area contributed by atoms with Crippen molar-refractivity contribution in [2.75, 3.05) is 39.9 Å². The van der Waals surface area contributed by atoms with Gasteiger partial charge in [-0.15, -0.1) is 0 Å². The Balaban J connectivity index is 1.72. The average Bonchev–Trinajstić information content (AvgIpc) is 3.16. The Labute approximate surface area is 142 Å². The van der Waals surface area contributed by atoms with Crippen LogP contribution in [-0.4, -0.2) is 71.6 Å². The highest BCUT2D eigenvalue weighted by Crippen LogP contribution is 2.21. The molecule has 0 aliphatic carbocycles. The van der Waals surface area contributed by atoms with Crippen LogP contribution in [0.5, 0.6) is 0 Å². The molecule has 3 rings (SSSR count). The SMILES string of the molecule is C[C@H](CN(C)C(=O)c1ccccc1-c1ncc[nH]1)N1CCOCC1. The molecule has 128 valence electrons. The number of hydrogen-bond acceptors (Lipinski definition) is 4. The normalized spacial score (nSPS) is 16.8. The molecule has 0 saturated carbocycles. The lowest BCUT2D eigenvalue weighted by atomic mass is 10.1. The van der Waals surface area contributed by atoms with Gasteiger partial charge in [0.1, 0.15) is 5.82 Å². The number of H-pyrrole nitrogens is 1. The van der Waals surface area contributed by atoms with Crippen molar-refractivity contribution in [1.82, 2.24) is 19.8 Å². The number of ether oxygens (including phenoxy) is 1. The average molecular weight is 328 g/mol. The monoisotopic (exact) mass is 328 g/mol. The standard InChI is InChI=1S/C18H24N4O2/c1-14(22-9-11-24-12-10-22)13-21(2)18(23)16-6-4-3-5-15(16)17-19-7-8-20-17/h3-8,14H,9-13H2,1-2H3,(H,19,20)/t14-/m1/s1. The highest BCUT2D eigenvalue weighted by atomic mass is 16.5. The van der Waals surface area contributed by atoms with E-state index < -0.39 is 0 Å². The minimum atomic E-state index is 0.0158. The Morgan fingerprint density at radius 3 is 2.83 bits per heavy atom. The highest BCUT2D eigenvalue weighted by molar-refractivity contribution is 6.00. The van der Waals surface area contributed by atoms with Gasteiger partial charge in [-0.2, -0.15) is 0 Å². The van der Waals surface area contributed by atoms with Crippen molar-refractivity contribution in [3.05, 3.63) is 42.2 Å². The van der Waals surface area contributed by atoms with Crippen molar-refractivity contribution in [2.24, 2.45) is 0 Å². The molecule has 1 aliphatic rings. The Hall–Kier alpha value is -2.18. The van der Waals surface area contributed by atoms with Crippen molar-refractivity contribution in [3.8, 4) is 11.4 Å². The van der Waals surface area contributed by atoms with Crippen LogP contribution in [0, 0.1) is 0 Å². The van der Waals surface area contributed by atoms with Gasteiger partial charge in [-0.1, -0.05) is 18.2 Å². The number of aromatic nitrogens is 2. The third-order valence-electron chi connectivity index (χ3n) is 4.46. The molecule has 1 N–H and O–H groups in total. The van der Waals surface area contributed by atoms with E-state index in [1.165, 1.54) is 0 Å². The van der Waals surface area contributed by atoms with E-state index in [-0.39, 0.29) is 5.91 Å². The van der Waals surface area contributed by atoms with Crippen LogP contribution in [0.4, 0.5) is 0 Å². The van der Waals surface area contributed by atoms with Gasteiger partial charge >= 0.3 is 0 Å². The molecule has 6 nitrogen and oxygen atoms in total. The third-order valence-corrected chi connectivity index (χ3v) is 4.46. The van der Waals surface area contributed by atoms with Crippen LogP contribution in [-0.2, 0) is 4.74 Å². The minimum Gasteiger partial charge on any atom is -0.379 e. The van der Waals surface area contributed by atoms with Gasteiger partial charge in [0.2, 0.25) is 0 Å². The van der Waals surface area contributed by atoms with Crippen LogP contribution >= 0.6 is 0 Å². The van der Waals surface area contributed by atoms with Gasteiger partial charge < -0.3 is 14.6 Å². The first-order valence-electron chi connectivity index (χ1n) is 8.33. The fourth-order valence-corrected chi connectivity index (χ4v) is 3.11. The zero-order valence-corrected chi connectivity index (χ0v) is 14.2. The number of carbonyl (C=O) groups excluding carboxylic acids is 1. The summed E-state index contributed by atoms with van der Waals surface area (Å²) >= 11 is 0. The maximum Gasteiger partial charge on any atom is 0.254 e. The van der Waals surface area contributed by atoms with Gasteiger partial charge in [0.15, 0.2) is 0 Å². The Morgan fingerprint density at radius 1 is 1.38 bits per heavy atom. The zero-order chi connectivity index (χ0) is 16.9. The Morgan fingerprint density at radius 2 is 2.12 bits per heavy atom. The van der Waals surface area contributed by atoms with Crippen LogP contribution in [0.25, 0.3) is 11.4 Å². The summed E-state index contributed by atoms with van der Waals surface area (Å²) in [5.74, 6) is 0.732. The van der Waals surface area contributed by atoms with Crippen LogP contribution < -0.4 is 0 Å². The molecular weight excluding hydrogens is 304 g/mol. The molecule has 0 bridgehead atoms. The van der Waals surface area contributed by atoms with E-state index in [1.807, 2.05) is 31.3 Å². The van der Waals surface area contributed by atoms with Crippen molar-refractivity contribution < 1.29 is 9.53 Å². The van der Waals surface area contributed by atoms with E-state index in [4.69, 9.17) is 4.74 Å². The molecule has 1 aromatic carbocycles. The lowest BCUT2D eigenvalue weighted by Gasteiger charge is -2.34. The number of imidazole rings is 1. The van der Waals surface area contributed by atoms with E-state index in [1.54, 1.807) is 17.3 Å². The summed E-state index contributed by atoms with van der Waals surface area (Å²) < 4.78 is 5.40. The van der Waals surface area contributed by atoms with Crippen LogP contribution in [0.3, 0.4) is 0 Å². The van der Waals surface area contributed by atoms with Crippen LogP contribution in [0.15, 0.2) is 36.7 Å². The molecule has 24 heavy (non-hydrogen) atoms. The number of hydrogen-bond donors (Lipinski definition) is 1. The topological polar surface area (TPSA) is 61.5 Å². The first-order valence-corrected chi connectivity index (χ1v) is 8.33. The molecule has 1 amide bonds. The molecule has 2 aromatic rings. The summed E-state index contributed by atoms with van der Waals surface area (Å²) in [5, 5.41) is 0. The molecule has 1 aliphatic heterocycles. The summed E-state index contributed by atoms with van der Waals surface area (Å²) in [5.41, 5.74) is 1.50. The maximum atomic E-state index is 12.9. The van der Waals surface area contributed by atoms with Gasteiger partial charge in [0, 0.05) is 50.7 Å². The van der Waals surface area contributed by atoms with Gasteiger partial charge in [-0.25, -0.2) is 4.98 Å². The van der Waals surface area contributed by atoms with Crippen molar-refractivity contribution >= 4 is 5.91 Å². The van der Waals surface area contributed by atoms with E-state index in [0.29, 0.717) is 24.0 Å². The number of aromatic amines is 1. The van der Waals surface area contributed by atoms with E-state index in [9.17, 15) is 4.79 Å². The Bertz CT molecular complexity index is 665. The van der Waals surface area contributed by atoms with Gasteiger partial charge in [-0.3, -0.25) is 9.69 Å². The molecule has 1 fully saturated rings. The molecule has 0 unspecified atom stereocenters. The third kappa shape index (κ3) is 3.66. The number of carbonyl (C=O) groups is 1. The molecule has 0 radical (unpaired) electrons. The number of amides is 1. The first-order chi connectivity index (χ1) is 11.7. The van der Waals surface area contributed by atoms with E-state index >= 15 is 0 Å². The second-order valence-electron chi connectivity index (χ2n) is 6.17. The molecule has 6 heteroatoms. The lowest BCUT2D eigenvalue weighted by Crippen LogP contribution is -2.47. The van der Waals surface area contributed by atoms with Crippen LogP contribution in [0.2, 0.25) is 0 Å². The summed E-state index contributed by atoms with van der Waals surface area (Å²) in [6.45, 7) is 6.23. The second-order valence-corrected chi connectivity index (χ2v) is 6.17. The van der Waals surface area contributed by atoms with Gasteiger partial charge in [0.25, 0.3) is 5.91 Å². The fourth-order valence-electron chi connectivity index (χ4n) is 3.11. The summed E-state index contributed by atoms with van der Waals surface area (Å²) in [4.78, 5) is 24.4. The lowest BCUT2D eigenvalue weighted by molar-refractivity contribution is 0.0142. The number of rotatable bonds is 5.